The van der Waals surface area contributed by atoms with E-state index < -0.39 is 17.1 Å². The molecule has 0 aromatic heterocycles. The van der Waals surface area contributed by atoms with E-state index in [-0.39, 0.29) is 5.96 Å². The summed E-state index contributed by atoms with van der Waals surface area (Å²) >= 11 is 0. The Kier molecular flexibility index (Phi) is 6.91. The van der Waals surface area contributed by atoms with Crippen LogP contribution in [0.5, 0.6) is 0 Å². The van der Waals surface area contributed by atoms with E-state index in [1.54, 1.807) is 0 Å². The van der Waals surface area contributed by atoms with Gasteiger partial charge >= 0.3 is 5.97 Å². The van der Waals surface area contributed by atoms with E-state index in [9.17, 15) is 4.79 Å². The molecule has 0 bridgehead atoms. The van der Waals surface area contributed by atoms with Gasteiger partial charge in [0.15, 0.2) is 5.96 Å². The molecule has 0 fully saturated rings. The molecule has 0 aromatic carbocycles. The fourth-order valence-electron chi connectivity index (χ4n) is 0.279. The third-order valence-electron chi connectivity index (χ3n) is 0.700. The third-order valence-corrected chi connectivity index (χ3v) is 0.700. The molecular formula is C4H10N4O5. The van der Waals surface area contributed by atoms with Gasteiger partial charge in [0.05, 0.1) is 0 Å². The number of aliphatic imine (C=N–C) groups is 1. The Labute approximate surface area is 72.8 Å². The Morgan fingerprint density at radius 1 is 1.62 bits per heavy atom. The third kappa shape index (κ3) is 17.8. The number of carbonyl (C=O) groups is 1. The van der Waals surface area contributed by atoms with Crippen molar-refractivity contribution >= 4 is 11.9 Å². The van der Waals surface area contributed by atoms with E-state index in [4.69, 9.17) is 31.9 Å². The second-order valence-electron chi connectivity index (χ2n) is 1.81. The van der Waals surface area contributed by atoms with Crippen LogP contribution in [0.3, 0.4) is 0 Å². The van der Waals surface area contributed by atoms with Gasteiger partial charge in [-0.15, -0.1) is 10.1 Å². The molecule has 0 spiro atoms. The van der Waals surface area contributed by atoms with Gasteiger partial charge in [-0.25, -0.2) is 9.79 Å². The van der Waals surface area contributed by atoms with Gasteiger partial charge in [-0.3, -0.25) is 0 Å². The van der Waals surface area contributed by atoms with Crippen molar-refractivity contribution in [1.29, 1.82) is 0 Å². The monoisotopic (exact) mass is 194 g/mol. The average molecular weight is 194 g/mol. The SMILES string of the molecule is CC(N=C(N)N)C(=O)O.O=[N+]([O-])O. The summed E-state index contributed by atoms with van der Waals surface area (Å²) in [6.45, 7) is 1.39. The lowest BCUT2D eigenvalue weighted by Gasteiger charge is -1.97. The molecule has 0 amide bonds. The van der Waals surface area contributed by atoms with Crippen molar-refractivity contribution in [2.24, 2.45) is 16.5 Å². The Morgan fingerprint density at radius 2 is 1.92 bits per heavy atom. The maximum Gasteiger partial charge on any atom is 0.328 e. The summed E-state index contributed by atoms with van der Waals surface area (Å²) in [6.07, 6.45) is 0. The number of nitrogens with zero attached hydrogens (tertiary/aromatic N) is 2. The number of carboxylic acids is 1. The molecular weight excluding hydrogens is 184 g/mol. The normalized spacial score (nSPS) is 10.2. The minimum Gasteiger partial charge on any atom is -0.480 e. The van der Waals surface area contributed by atoms with Crippen molar-refractivity contribution in [1.82, 2.24) is 0 Å². The first-order valence-electron chi connectivity index (χ1n) is 2.92. The predicted molar refractivity (Wildman–Crippen MR) is 41.7 cm³/mol. The summed E-state index contributed by atoms with van der Waals surface area (Å²) in [6, 6.07) is -0.852. The summed E-state index contributed by atoms with van der Waals surface area (Å²) in [5.41, 5.74) is 9.79. The van der Waals surface area contributed by atoms with E-state index in [2.05, 4.69) is 4.99 Å². The standard InChI is InChI=1S/C4H9N3O2.HNO3/c1-2(3(8)9)7-4(5)6;2-1(3)4/h2H,1H3,(H,8,9)(H4,5,6,7);(H,2,3,4). The number of aliphatic carboxylic acids is 1. The van der Waals surface area contributed by atoms with Crippen LogP contribution in [-0.4, -0.2) is 33.4 Å². The minimum atomic E-state index is -1.50. The molecule has 0 aliphatic rings. The van der Waals surface area contributed by atoms with Crippen molar-refractivity contribution in [2.75, 3.05) is 0 Å². The molecule has 13 heavy (non-hydrogen) atoms. The number of carboxylic acid groups (broad SMARTS) is 1. The van der Waals surface area contributed by atoms with Gasteiger partial charge < -0.3 is 21.8 Å². The predicted octanol–water partition coefficient (Wildman–Crippen LogP) is -1.61. The van der Waals surface area contributed by atoms with Gasteiger partial charge in [0.25, 0.3) is 5.09 Å². The van der Waals surface area contributed by atoms with Gasteiger partial charge in [0.2, 0.25) is 0 Å². The maximum atomic E-state index is 10.0. The summed E-state index contributed by atoms with van der Waals surface area (Å²) in [7, 11) is 0. The second kappa shape index (κ2) is 6.64. The molecule has 76 valence electrons. The van der Waals surface area contributed by atoms with Gasteiger partial charge in [-0.05, 0) is 6.92 Å². The highest BCUT2D eigenvalue weighted by Gasteiger charge is 2.07. The zero-order valence-electron chi connectivity index (χ0n) is 6.75. The first-order chi connectivity index (χ1) is 5.77. The van der Waals surface area contributed by atoms with Crippen molar-refractivity contribution in [3.8, 4) is 0 Å². The summed E-state index contributed by atoms with van der Waals surface area (Å²) in [5, 5.41) is 21.9. The summed E-state index contributed by atoms with van der Waals surface area (Å²) in [5.74, 6) is -1.24. The first kappa shape index (κ1) is 13.5. The van der Waals surface area contributed by atoms with E-state index in [1.165, 1.54) is 6.92 Å². The Bertz CT molecular complexity index is 207. The fraction of sp³-hybridized carbons (Fsp3) is 0.500. The first-order valence-corrected chi connectivity index (χ1v) is 2.92. The number of hydrogen-bond donors (Lipinski definition) is 4. The number of nitrogens with two attached hydrogens (primary N) is 2. The van der Waals surface area contributed by atoms with Crippen molar-refractivity contribution in [3.05, 3.63) is 10.1 Å². The molecule has 0 radical (unpaired) electrons. The molecule has 1 unspecified atom stereocenters. The zero-order chi connectivity index (χ0) is 11.0. The van der Waals surface area contributed by atoms with Crippen LogP contribution in [-0.2, 0) is 4.79 Å². The molecule has 0 saturated carbocycles. The Hall–Kier alpha value is -2.06. The molecule has 0 aliphatic heterocycles. The van der Waals surface area contributed by atoms with Crippen LogP contribution in [0.15, 0.2) is 4.99 Å². The van der Waals surface area contributed by atoms with E-state index in [1.807, 2.05) is 0 Å². The molecule has 0 aromatic rings. The molecule has 9 heteroatoms. The molecule has 9 nitrogen and oxygen atoms in total. The molecule has 0 rings (SSSR count). The highest BCUT2D eigenvalue weighted by Crippen LogP contribution is 1.85. The fourth-order valence-corrected chi connectivity index (χ4v) is 0.279. The molecule has 0 heterocycles. The zero-order valence-corrected chi connectivity index (χ0v) is 6.75. The van der Waals surface area contributed by atoms with Crippen LogP contribution in [0.1, 0.15) is 6.92 Å². The molecule has 6 N–H and O–H groups in total. The van der Waals surface area contributed by atoms with E-state index in [0.717, 1.165) is 0 Å². The largest absolute Gasteiger partial charge is 0.480 e. The van der Waals surface area contributed by atoms with Crippen LogP contribution in [0.25, 0.3) is 0 Å². The lowest BCUT2D eigenvalue weighted by molar-refractivity contribution is -0.742. The second-order valence-corrected chi connectivity index (χ2v) is 1.81. The lowest BCUT2D eigenvalue weighted by atomic mass is 10.4. The van der Waals surface area contributed by atoms with Crippen LogP contribution in [0.2, 0.25) is 0 Å². The van der Waals surface area contributed by atoms with Gasteiger partial charge in [-0.1, -0.05) is 0 Å². The van der Waals surface area contributed by atoms with Crippen LogP contribution >= 0.6 is 0 Å². The van der Waals surface area contributed by atoms with Gasteiger partial charge in [-0.2, -0.15) is 0 Å². The van der Waals surface area contributed by atoms with Crippen LogP contribution in [0, 0.1) is 10.1 Å². The Morgan fingerprint density at radius 3 is 2.00 bits per heavy atom. The molecule has 0 saturated heterocycles. The van der Waals surface area contributed by atoms with Gasteiger partial charge in [0.1, 0.15) is 6.04 Å². The number of guanidine groups is 1. The van der Waals surface area contributed by atoms with Crippen molar-refractivity contribution < 1.29 is 20.2 Å². The molecule has 1 atom stereocenters. The van der Waals surface area contributed by atoms with Crippen molar-refractivity contribution in [3.63, 3.8) is 0 Å². The van der Waals surface area contributed by atoms with Crippen LogP contribution in [0.4, 0.5) is 0 Å². The maximum absolute atomic E-state index is 10.0. The van der Waals surface area contributed by atoms with Gasteiger partial charge in [0, 0.05) is 0 Å². The highest BCUT2D eigenvalue weighted by atomic mass is 16.9. The summed E-state index contributed by atoms with van der Waals surface area (Å²) in [4.78, 5) is 21.7. The Balaban J connectivity index is 0. The highest BCUT2D eigenvalue weighted by molar-refractivity contribution is 5.81. The topological polar surface area (TPSA) is 165 Å². The average Bonchev–Trinajstić information content (AvgIpc) is 1.83. The van der Waals surface area contributed by atoms with E-state index >= 15 is 0 Å². The number of rotatable bonds is 2. The summed E-state index contributed by atoms with van der Waals surface area (Å²) < 4.78 is 0. The quantitative estimate of drug-likeness (QED) is 0.177. The molecule has 0 aliphatic carbocycles. The smallest absolute Gasteiger partial charge is 0.328 e. The number of hydrogen-bond acceptors (Lipinski definition) is 4. The lowest BCUT2D eigenvalue weighted by Crippen LogP contribution is -2.27. The van der Waals surface area contributed by atoms with E-state index in [0.29, 0.717) is 0 Å². The van der Waals surface area contributed by atoms with Crippen LogP contribution < -0.4 is 11.5 Å². The minimum absolute atomic E-state index is 0.204. The van der Waals surface area contributed by atoms with Crippen molar-refractivity contribution in [2.45, 2.75) is 13.0 Å².